The predicted octanol–water partition coefficient (Wildman–Crippen LogP) is 1.82. The van der Waals surface area contributed by atoms with E-state index in [1.54, 1.807) is 0 Å². The Morgan fingerprint density at radius 1 is 1.24 bits per heavy atom. The van der Waals surface area contributed by atoms with Gasteiger partial charge in [0.2, 0.25) is 0 Å². The van der Waals surface area contributed by atoms with Crippen LogP contribution in [0.15, 0.2) is 0 Å². The van der Waals surface area contributed by atoms with Gasteiger partial charge in [0.15, 0.2) is 0 Å². The number of fused-ring (bicyclic) bond motifs is 1. The maximum atomic E-state index is 4.44. The lowest BCUT2D eigenvalue weighted by atomic mass is 9.93. The summed E-state index contributed by atoms with van der Waals surface area (Å²) < 4.78 is 2.36. The van der Waals surface area contributed by atoms with E-state index < -0.39 is 0 Å². The topological polar surface area (TPSA) is 46.0 Å². The van der Waals surface area contributed by atoms with Gasteiger partial charge in [-0.15, -0.1) is 10.2 Å². The number of aromatic nitrogens is 3. The van der Waals surface area contributed by atoms with Crippen molar-refractivity contribution in [2.45, 2.75) is 65.1 Å². The van der Waals surface area contributed by atoms with Crippen molar-refractivity contribution in [3.05, 3.63) is 11.6 Å². The maximum Gasteiger partial charge on any atom is 0.147 e. The van der Waals surface area contributed by atoms with Gasteiger partial charge >= 0.3 is 0 Å². The highest BCUT2D eigenvalue weighted by atomic mass is 15.3. The van der Waals surface area contributed by atoms with Crippen LogP contribution in [0.4, 0.5) is 0 Å². The Bertz CT molecular complexity index is 456. The van der Waals surface area contributed by atoms with E-state index in [0.717, 1.165) is 26.1 Å². The SMILES string of the molecule is CCCNC1CCN(Cc2nnc3n2CCCC3)CC1C. The Morgan fingerprint density at radius 3 is 2.95 bits per heavy atom. The van der Waals surface area contributed by atoms with Crippen LogP contribution in [0.5, 0.6) is 0 Å². The molecule has 5 nitrogen and oxygen atoms in total. The molecule has 0 aromatic carbocycles. The van der Waals surface area contributed by atoms with Crippen molar-refractivity contribution in [1.82, 2.24) is 25.0 Å². The molecule has 0 amide bonds. The van der Waals surface area contributed by atoms with Crippen molar-refractivity contribution in [3.63, 3.8) is 0 Å². The minimum Gasteiger partial charge on any atom is -0.314 e. The molecule has 1 aromatic heterocycles. The highest BCUT2D eigenvalue weighted by Crippen LogP contribution is 2.20. The summed E-state index contributed by atoms with van der Waals surface area (Å²) in [6, 6.07) is 0.688. The number of aryl methyl sites for hydroxylation is 1. The molecule has 2 unspecified atom stereocenters. The first-order valence-corrected chi connectivity index (χ1v) is 8.64. The van der Waals surface area contributed by atoms with Gasteiger partial charge < -0.3 is 9.88 Å². The van der Waals surface area contributed by atoms with Gasteiger partial charge in [-0.05, 0) is 38.1 Å². The summed E-state index contributed by atoms with van der Waals surface area (Å²) in [5.41, 5.74) is 0. The Morgan fingerprint density at radius 2 is 2.14 bits per heavy atom. The summed E-state index contributed by atoms with van der Waals surface area (Å²) >= 11 is 0. The van der Waals surface area contributed by atoms with E-state index in [2.05, 4.69) is 38.8 Å². The molecule has 3 heterocycles. The van der Waals surface area contributed by atoms with E-state index in [9.17, 15) is 0 Å². The van der Waals surface area contributed by atoms with E-state index in [1.807, 2.05) is 0 Å². The third-order valence-electron chi connectivity index (χ3n) is 4.95. The molecular weight excluding hydrogens is 262 g/mol. The molecule has 0 aliphatic carbocycles. The average Bonchev–Trinajstić information content (AvgIpc) is 2.90. The van der Waals surface area contributed by atoms with E-state index in [1.165, 1.54) is 50.4 Å². The van der Waals surface area contributed by atoms with E-state index in [0.29, 0.717) is 12.0 Å². The molecule has 118 valence electrons. The molecule has 3 rings (SSSR count). The van der Waals surface area contributed by atoms with Crippen molar-refractivity contribution in [2.24, 2.45) is 5.92 Å². The van der Waals surface area contributed by atoms with Gasteiger partial charge in [-0.3, -0.25) is 4.90 Å². The molecule has 1 fully saturated rings. The number of piperidine rings is 1. The third kappa shape index (κ3) is 3.46. The molecule has 1 N–H and O–H groups in total. The van der Waals surface area contributed by atoms with Gasteiger partial charge in [-0.1, -0.05) is 13.8 Å². The second-order valence-electron chi connectivity index (χ2n) is 6.70. The summed E-state index contributed by atoms with van der Waals surface area (Å²) in [5.74, 6) is 3.09. The van der Waals surface area contributed by atoms with Crippen LogP contribution in [0.3, 0.4) is 0 Å². The van der Waals surface area contributed by atoms with Crippen molar-refractivity contribution < 1.29 is 0 Å². The molecule has 1 aromatic rings. The minimum atomic E-state index is 0.688. The summed E-state index contributed by atoms with van der Waals surface area (Å²) in [6.45, 7) is 10.2. The van der Waals surface area contributed by atoms with Crippen LogP contribution in [-0.4, -0.2) is 45.3 Å². The number of likely N-dealkylation sites (tertiary alicyclic amines) is 1. The zero-order chi connectivity index (χ0) is 14.7. The van der Waals surface area contributed by atoms with Crippen LogP contribution in [-0.2, 0) is 19.5 Å². The highest BCUT2D eigenvalue weighted by Gasteiger charge is 2.27. The Labute approximate surface area is 128 Å². The first kappa shape index (κ1) is 15.0. The number of nitrogens with one attached hydrogen (secondary N) is 1. The lowest BCUT2D eigenvalue weighted by Gasteiger charge is -2.37. The lowest BCUT2D eigenvalue weighted by molar-refractivity contribution is 0.136. The molecule has 2 aliphatic heterocycles. The molecule has 5 heteroatoms. The first-order valence-electron chi connectivity index (χ1n) is 8.64. The first-order chi connectivity index (χ1) is 10.3. The Balaban J connectivity index is 1.56. The molecular formula is C16H29N5. The van der Waals surface area contributed by atoms with E-state index in [-0.39, 0.29) is 0 Å². The van der Waals surface area contributed by atoms with Gasteiger partial charge in [-0.25, -0.2) is 0 Å². The van der Waals surface area contributed by atoms with Crippen molar-refractivity contribution in [3.8, 4) is 0 Å². The Hall–Kier alpha value is -0.940. The summed E-state index contributed by atoms with van der Waals surface area (Å²) in [5, 5.41) is 12.5. The maximum absolute atomic E-state index is 4.44. The fraction of sp³-hybridized carbons (Fsp3) is 0.875. The van der Waals surface area contributed by atoms with Gasteiger partial charge in [-0.2, -0.15) is 0 Å². The van der Waals surface area contributed by atoms with Gasteiger partial charge in [0, 0.05) is 32.1 Å². The van der Waals surface area contributed by atoms with Crippen LogP contribution in [0, 0.1) is 5.92 Å². The summed E-state index contributed by atoms with van der Waals surface area (Å²) in [7, 11) is 0. The monoisotopic (exact) mass is 291 g/mol. The van der Waals surface area contributed by atoms with Gasteiger partial charge in [0.05, 0.1) is 6.54 Å². The van der Waals surface area contributed by atoms with Crippen molar-refractivity contribution in [2.75, 3.05) is 19.6 Å². The quantitative estimate of drug-likeness (QED) is 0.899. The fourth-order valence-corrected chi connectivity index (χ4v) is 3.69. The second kappa shape index (κ2) is 6.88. The highest BCUT2D eigenvalue weighted by molar-refractivity contribution is 4.99. The molecule has 0 radical (unpaired) electrons. The average molecular weight is 291 g/mol. The van der Waals surface area contributed by atoms with Crippen LogP contribution in [0.25, 0.3) is 0 Å². The normalized spacial score (nSPS) is 26.8. The van der Waals surface area contributed by atoms with Crippen molar-refractivity contribution in [1.29, 1.82) is 0 Å². The molecule has 0 bridgehead atoms. The Kier molecular flexibility index (Phi) is 4.91. The zero-order valence-corrected chi connectivity index (χ0v) is 13.5. The molecule has 1 saturated heterocycles. The molecule has 2 aliphatic rings. The number of nitrogens with zero attached hydrogens (tertiary/aromatic N) is 4. The molecule has 0 spiro atoms. The summed E-state index contributed by atoms with van der Waals surface area (Å²) in [4.78, 5) is 2.56. The van der Waals surface area contributed by atoms with E-state index in [4.69, 9.17) is 0 Å². The zero-order valence-electron chi connectivity index (χ0n) is 13.5. The standard InChI is InChI=1S/C16H29N5/c1-3-8-17-14-7-10-20(11-13(14)2)12-16-19-18-15-6-4-5-9-21(15)16/h13-14,17H,3-12H2,1-2H3. The van der Waals surface area contributed by atoms with Gasteiger partial charge in [0.25, 0.3) is 0 Å². The van der Waals surface area contributed by atoms with E-state index >= 15 is 0 Å². The third-order valence-corrected chi connectivity index (χ3v) is 4.95. The van der Waals surface area contributed by atoms with Crippen LogP contribution >= 0.6 is 0 Å². The number of rotatable bonds is 5. The summed E-state index contributed by atoms with van der Waals surface area (Å²) in [6.07, 6.45) is 6.12. The largest absolute Gasteiger partial charge is 0.314 e. The molecule has 21 heavy (non-hydrogen) atoms. The molecule has 2 atom stereocenters. The van der Waals surface area contributed by atoms with Crippen LogP contribution in [0.2, 0.25) is 0 Å². The lowest BCUT2D eigenvalue weighted by Crippen LogP contribution is -2.48. The smallest absolute Gasteiger partial charge is 0.147 e. The van der Waals surface area contributed by atoms with Crippen molar-refractivity contribution >= 4 is 0 Å². The second-order valence-corrected chi connectivity index (χ2v) is 6.70. The fourth-order valence-electron chi connectivity index (χ4n) is 3.69. The van der Waals surface area contributed by atoms with Gasteiger partial charge in [0.1, 0.15) is 11.6 Å². The van der Waals surface area contributed by atoms with Crippen LogP contribution < -0.4 is 5.32 Å². The number of hydrogen-bond donors (Lipinski definition) is 1. The molecule has 0 saturated carbocycles. The number of hydrogen-bond acceptors (Lipinski definition) is 4. The van der Waals surface area contributed by atoms with Crippen LogP contribution in [0.1, 0.15) is 51.2 Å². The predicted molar refractivity (Wildman–Crippen MR) is 84.1 cm³/mol. The minimum absolute atomic E-state index is 0.688.